The first-order valence-electron chi connectivity index (χ1n) is 8.45. The average molecular weight is 324 g/mol. The predicted octanol–water partition coefficient (Wildman–Crippen LogP) is 3.34. The summed E-state index contributed by atoms with van der Waals surface area (Å²) in [5.41, 5.74) is 3.24. The second kappa shape index (κ2) is 6.15. The minimum absolute atomic E-state index is 0.373. The molecule has 24 heavy (non-hydrogen) atoms. The fraction of sp³-hybridized carbons (Fsp3) is 0.368. The Kier molecular flexibility index (Phi) is 3.84. The van der Waals surface area contributed by atoms with E-state index in [1.54, 1.807) is 6.20 Å². The normalized spacial score (nSPS) is 19.3. The topological polar surface area (TPSA) is 51.7 Å². The summed E-state index contributed by atoms with van der Waals surface area (Å²) in [6.07, 6.45) is 3.62. The van der Waals surface area contributed by atoms with Crippen LogP contribution in [0.25, 0.3) is 0 Å². The van der Waals surface area contributed by atoms with Gasteiger partial charge in [0.2, 0.25) is 0 Å². The van der Waals surface area contributed by atoms with Crippen LogP contribution < -0.4 is 9.64 Å². The lowest BCUT2D eigenvalue weighted by Gasteiger charge is -2.21. The second-order valence-electron chi connectivity index (χ2n) is 6.08. The van der Waals surface area contributed by atoms with Crippen molar-refractivity contribution in [2.24, 2.45) is 0 Å². The number of ether oxygens (including phenoxy) is 2. The summed E-state index contributed by atoms with van der Waals surface area (Å²) in [5.74, 6) is 0.401. The van der Waals surface area contributed by atoms with Crippen molar-refractivity contribution in [3.63, 3.8) is 0 Å². The van der Waals surface area contributed by atoms with Crippen molar-refractivity contribution in [1.82, 2.24) is 4.98 Å². The highest BCUT2D eigenvalue weighted by atomic mass is 16.6. The highest BCUT2D eigenvalue weighted by Crippen LogP contribution is 2.40. The van der Waals surface area contributed by atoms with Crippen LogP contribution in [0.4, 0.5) is 5.69 Å². The Hall–Kier alpha value is -2.56. The fourth-order valence-corrected chi connectivity index (χ4v) is 3.45. The Morgan fingerprint density at radius 2 is 2.08 bits per heavy atom. The third-order valence-corrected chi connectivity index (χ3v) is 4.59. The monoisotopic (exact) mass is 324 g/mol. The largest absolute Gasteiger partial charge is 0.493 e. The van der Waals surface area contributed by atoms with E-state index in [0.29, 0.717) is 12.3 Å². The van der Waals surface area contributed by atoms with Crippen molar-refractivity contribution in [2.75, 3.05) is 24.6 Å². The van der Waals surface area contributed by atoms with E-state index < -0.39 is 6.10 Å². The summed E-state index contributed by atoms with van der Waals surface area (Å²) in [7, 11) is 0. The van der Waals surface area contributed by atoms with Crippen LogP contribution in [0.3, 0.4) is 0 Å². The molecule has 4 rings (SSSR count). The van der Waals surface area contributed by atoms with Gasteiger partial charge in [-0.05, 0) is 38.0 Å². The Bertz CT molecular complexity index is 769. The molecule has 2 aliphatic heterocycles. The summed E-state index contributed by atoms with van der Waals surface area (Å²) in [6, 6.07) is 9.88. The average Bonchev–Trinajstić information content (AvgIpc) is 3.24. The molecule has 1 atom stereocenters. The number of carbonyl (C=O) groups is 1. The first-order valence-corrected chi connectivity index (χ1v) is 8.45. The number of anilines is 1. The van der Waals surface area contributed by atoms with Gasteiger partial charge in [-0.15, -0.1) is 0 Å². The molecule has 1 fully saturated rings. The van der Waals surface area contributed by atoms with E-state index in [9.17, 15) is 4.79 Å². The molecule has 3 heterocycles. The Morgan fingerprint density at radius 3 is 2.88 bits per heavy atom. The zero-order valence-corrected chi connectivity index (χ0v) is 13.7. The lowest BCUT2D eigenvalue weighted by molar-refractivity contribution is 0.0448. The van der Waals surface area contributed by atoms with Crippen LogP contribution in [-0.4, -0.2) is 30.6 Å². The predicted molar refractivity (Wildman–Crippen MR) is 90.6 cm³/mol. The minimum Gasteiger partial charge on any atom is -0.493 e. The maximum atomic E-state index is 12.1. The number of nitrogens with zero attached hydrogens (tertiary/aromatic N) is 2. The van der Waals surface area contributed by atoms with Gasteiger partial charge in [-0.1, -0.05) is 6.07 Å². The summed E-state index contributed by atoms with van der Waals surface area (Å²) < 4.78 is 11.4. The first-order chi connectivity index (χ1) is 11.8. The van der Waals surface area contributed by atoms with Crippen molar-refractivity contribution >= 4 is 11.7 Å². The van der Waals surface area contributed by atoms with Gasteiger partial charge in [-0.25, -0.2) is 9.78 Å². The van der Waals surface area contributed by atoms with Crippen LogP contribution in [0.2, 0.25) is 0 Å². The van der Waals surface area contributed by atoms with Crippen molar-refractivity contribution in [3.8, 4) is 5.75 Å². The van der Waals surface area contributed by atoms with Gasteiger partial charge in [0.05, 0.1) is 6.61 Å². The zero-order chi connectivity index (χ0) is 16.5. The number of pyridine rings is 1. The molecule has 0 N–H and O–H groups in total. The summed E-state index contributed by atoms with van der Waals surface area (Å²) in [5, 5.41) is 0. The molecule has 0 radical (unpaired) electrons. The third kappa shape index (κ3) is 2.50. The first kappa shape index (κ1) is 15.0. The summed E-state index contributed by atoms with van der Waals surface area (Å²) >= 11 is 0. The third-order valence-electron chi connectivity index (χ3n) is 4.59. The van der Waals surface area contributed by atoms with E-state index in [4.69, 9.17) is 9.47 Å². The summed E-state index contributed by atoms with van der Waals surface area (Å²) in [4.78, 5) is 18.6. The molecule has 5 nitrogen and oxygen atoms in total. The Labute approximate surface area is 141 Å². The van der Waals surface area contributed by atoms with E-state index in [1.807, 2.05) is 25.1 Å². The van der Waals surface area contributed by atoms with Crippen molar-refractivity contribution in [2.45, 2.75) is 25.9 Å². The van der Waals surface area contributed by atoms with E-state index in [1.165, 1.54) is 12.8 Å². The molecule has 5 heteroatoms. The molecule has 0 spiro atoms. The van der Waals surface area contributed by atoms with Crippen LogP contribution in [0.15, 0.2) is 36.5 Å². The van der Waals surface area contributed by atoms with Gasteiger partial charge in [0.25, 0.3) is 0 Å². The van der Waals surface area contributed by atoms with E-state index in [-0.39, 0.29) is 5.97 Å². The number of hydrogen-bond acceptors (Lipinski definition) is 5. The standard InChI is InChI=1S/C19H20N2O3/c1-2-23-16-12-13(21-10-3-4-11-21)7-8-14(16)18-15-6-5-9-20-17(15)19(22)24-18/h5-9,12,18H,2-4,10-11H2,1H3. The van der Waals surface area contributed by atoms with Gasteiger partial charge in [-0.2, -0.15) is 0 Å². The number of hydrogen-bond donors (Lipinski definition) is 0. The Balaban J connectivity index is 1.74. The maximum Gasteiger partial charge on any atom is 0.358 e. The van der Waals surface area contributed by atoms with Gasteiger partial charge < -0.3 is 14.4 Å². The molecule has 0 aliphatic carbocycles. The molecule has 0 saturated carbocycles. The van der Waals surface area contributed by atoms with Gasteiger partial charge in [0.1, 0.15) is 5.75 Å². The molecular formula is C19H20N2O3. The lowest BCUT2D eigenvalue weighted by atomic mass is 10.0. The number of cyclic esters (lactones) is 1. The molecular weight excluding hydrogens is 304 g/mol. The van der Waals surface area contributed by atoms with Crippen molar-refractivity contribution < 1.29 is 14.3 Å². The van der Waals surface area contributed by atoms with Crippen LogP contribution >= 0.6 is 0 Å². The number of rotatable bonds is 4. The number of carbonyl (C=O) groups excluding carboxylic acids is 1. The van der Waals surface area contributed by atoms with Crippen LogP contribution in [0, 0.1) is 0 Å². The zero-order valence-electron chi connectivity index (χ0n) is 13.7. The van der Waals surface area contributed by atoms with Gasteiger partial charge >= 0.3 is 5.97 Å². The molecule has 1 aromatic heterocycles. The van der Waals surface area contributed by atoms with E-state index in [2.05, 4.69) is 22.0 Å². The quantitative estimate of drug-likeness (QED) is 0.807. The lowest BCUT2D eigenvalue weighted by Crippen LogP contribution is -2.18. The summed E-state index contributed by atoms with van der Waals surface area (Å²) in [6.45, 7) is 4.69. The number of esters is 1. The van der Waals surface area contributed by atoms with E-state index in [0.717, 1.165) is 35.7 Å². The van der Waals surface area contributed by atoms with Crippen LogP contribution in [-0.2, 0) is 4.74 Å². The molecule has 2 aromatic rings. The number of aromatic nitrogens is 1. The van der Waals surface area contributed by atoms with E-state index >= 15 is 0 Å². The minimum atomic E-state index is -0.449. The van der Waals surface area contributed by atoms with Gasteiger partial charge in [-0.3, -0.25) is 0 Å². The maximum absolute atomic E-state index is 12.1. The van der Waals surface area contributed by atoms with Crippen molar-refractivity contribution in [3.05, 3.63) is 53.3 Å². The van der Waals surface area contributed by atoms with Gasteiger partial charge in [0.15, 0.2) is 11.8 Å². The highest BCUT2D eigenvalue weighted by Gasteiger charge is 2.35. The molecule has 124 valence electrons. The second-order valence-corrected chi connectivity index (χ2v) is 6.08. The highest BCUT2D eigenvalue weighted by molar-refractivity contribution is 5.92. The molecule has 1 saturated heterocycles. The molecule has 2 aliphatic rings. The molecule has 0 bridgehead atoms. The Morgan fingerprint density at radius 1 is 1.25 bits per heavy atom. The number of benzene rings is 1. The molecule has 0 amide bonds. The van der Waals surface area contributed by atoms with Crippen molar-refractivity contribution in [1.29, 1.82) is 0 Å². The smallest absolute Gasteiger partial charge is 0.358 e. The SMILES string of the molecule is CCOc1cc(N2CCCC2)ccc1C1OC(=O)c2ncccc21. The van der Waals surface area contributed by atoms with Crippen LogP contribution in [0.5, 0.6) is 5.75 Å². The van der Waals surface area contributed by atoms with Crippen LogP contribution in [0.1, 0.15) is 47.5 Å². The molecule has 1 unspecified atom stereocenters. The molecule has 1 aromatic carbocycles. The van der Waals surface area contributed by atoms with Gasteiger partial charge in [0, 0.05) is 42.2 Å². The fourth-order valence-electron chi connectivity index (χ4n) is 3.45. The number of fused-ring (bicyclic) bond motifs is 1.